The van der Waals surface area contributed by atoms with Crippen LogP contribution in [0.5, 0.6) is 0 Å². The van der Waals surface area contributed by atoms with Crippen molar-refractivity contribution >= 4 is 10.0 Å². The molecule has 0 aromatic heterocycles. The molecule has 0 saturated heterocycles. The summed E-state index contributed by atoms with van der Waals surface area (Å²) < 4.78 is 35.0. The van der Waals surface area contributed by atoms with E-state index < -0.39 is 15.6 Å². The highest BCUT2D eigenvalue weighted by atomic mass is 32.2. The van der Waals surface area contributed by atoms with Gasteiger partial charge < -0.3 is 9.84 Å². The van der Waals surface area contributed by atoms with Gasteiger partial charge in [0.1, 0.15) is 0 Å². The van der Waals surface area contributed by atoms with E-state index in [4.69, 9.17) is 4.74 Å². The standard InChI is InChI=1S/C30H44N2O4S/c1-4-36-19-30(33)15-13-24-22(17-30)8-9-26-25(24)12-14-29(3)27(10-11-28(26)29)20(2)32-37(34,35)23-7-5-6-21(16-23)18-31/h5-7,16,20,22,24-28,32-33H,4,8-15,17,19H2,1-3H3/t20-,22-,24+,25-,26-,27-,28+,29-,30-/m1/s1. The van der Waals surface area contributed by atoms with Crippen LogP contribution in [0.4, 0.5) is 0 Å². The Hall–Kier alpha value is -1.46. The van der Waals surface area contributed by atoms with E-state index in [1.54, 1.807) is 18.2 Å². The highest BCUT2D eigenvalue weighted by molar-refractivity contribution is 7.89. The highest BCUT2D eigenvalue weighted by Crippen LogP contribution is 2.65. The van der Waals surface area contributed by atoms with Crippen LogP contribution < -0.4 is 4.72 Å². The molecule has 0 spiro atoms. The molecule has 0 radical (unpaired) electrons. The van der Waals surface area contributed by atoms with Crippen molar-refractivity contribution in [3.8, 4) is 6.07 Å². The molecule has 4 fully saturated rings. The summed E-state index contributed by atoms with van der Waals surface area (Å²) in [5.74, 6) is 3.75. The van der Waals surface area contributed by atoms with Crippen LogP contribution in [0.15, 0.2) is 29.2 Å². The molecule has 4 aliphatic carbocycles. The van der Waals surface area contributed by atoms with Crippen LogP contribution in [0.25, 0.3) is 0 Å². The van der Waals surface area contributed by atoms with Gasteiger partial charge in [0.25, 0.3) is 0 Å². The minimum atomic E-state index is -3.69. The number of ether oxygens (including phenoxy) is 1. The Morgan fingerprint density at radius 3 is 2.68 bits per heavy atom. The molecule has 1 aromatic rings. The van der Waals surface area contributed by atoms with Gasteiger partial charge in [-0.1, -0.05) is 13.0 Å². The van der Waals surface area contributed by atoms with Crippen LogP contribution in [0, 0.1) is 52.3 Å². The van der Waals surface area contributed by atoms with E-state index in [9.17, 15) is 18.8 Å². The van der Waals surface area contributed by atoms with Crippen molar-refractivity contribution in [2.75, 3.05) is 13.2 Å². The third kappa shape index (κ3) is 5.00. The molecule has 4 saturated carbocycles. The Kier molecular flexibility index (Phi) is 7.52. The fraction of sp³-hybridized carbons (Fsp3) is 0.767. The summed E-state index contributed by atoms with van der Waals surface area (Å²) in [6.07, 6.45) is 9.93. The molecule has 5 rings (SSSR count). The van der Waals surface area contributed by atoms with Gasteiger partial charge in [0.2, 0.25) is 10.0 Å². The van der Waals surface area contributed by atoms with E-state index >= 15 is 0 Å². The summed E-state index contributed by atoms with van der Waals surface area (Å²) in [5, 5.41) is 20.3. The molecule has 0 amide bonds. The first-order valence-electron chi connectivity index (χ1n) is 14.4. The summed E-state index contributed by atoms with van der Waals surface area (Å²) >= 11 is 0. The summed E-state index contributed by atoms with van der Waals surface area (Å²) in [7, 11) is -3.69. The lowest BCUT2D eigenvalue weighted by Gasteiger charge is -2.57. The molecule has 0 aliphatic heterocycles. The Morgan fingerprint density at radius 2 is 1.92 bits per heavy atom. The minimum absolute atomic E-state index is 0.148. The van der Waals surface area contributed by atoms with Crippen LogP contribution in [0.1, 0.15) is 84.1 Å². The molecular weight excluding hydrogens is 484 g/mol. The zero-order valence-electron chi connectivity index (χ0n) is 22.7. The summed E-state index contributed by atoms with van der Waals surface area (Å²) in [5.41, 5.74) is -0.142. The Bertz CT molecular complexity index is 1130. The van der Waals surface area contributed by atoms with Gasteiger partial charge in [0.05, 0.1) is 28.7 Å². The van der Waals surface area contributed by atoms with Crippen LogP contribution in [0.2, 0.25) is 0 Å². The first-order chi connectivity index (χ1) is 17.6. The van der Waals surface area contributed by atoms with E-state index in [-0.39, 0.29) is 16.4 Å². The van der Waals surface area contributed by atoms with E-state index in [0.29, 0.717) is 42.4 Å². The minimum Gasteiger partial charge on any atom is -0.387 e. The predicted molar refractivity (Wildman–Crippen MR) is 143 cm³/mol. The van der Waals surface area contributed by atoms with Gasteiger partial charge in [-0.2, -0.15) is 5.26 Å². The number of fused-ring (bicyclic) bond motifs is 5. The molecular formula is C30H44N2O4S. The number of benzene rings is 1. The maximum atomic E-state index is 13.2. The van der Waals surface area contributed by atoms with Crippen molar-refractivity contribution in [1.82, 2.24) is 4.72 Å². The number of nitrogens with one attached hydrogen (secondary N) is 1. The highest BCUT2D eigenvalue weighted by Gasteiger charge is 2.58. The van der Waals surface area contributed by atoms with Gasteiger partial charge in [-0.15, -0.1) is 0 Å². The summed E-state index contributed by atoms with van der Waals surface area (Å²) in [4.78, 5) is 0.168. The molecule has 9 atom stereocenters. The average Bonchev–Trinajstić information content (AvgIpc) is 3.24. The lowest BCUT2D eigenvalue weighted by Crippen LogP contribution is -2.53. The lowest BCUT2D eigenvalue weighted by atomic mass is 9.48. The lowest BCUT2D eigenvalue weighted by molar-refractivity contribution is -0.128. The molecule has 204 valence electrons. The molecule has 1 aromatic carbocycles. The zero-order chi connectivity index (χ0) is 26.4. The largest absolute Gasteiger partial charge is 0.387 e. The Labute approximate surface area is 223 Å². The number of aliphatic hydroxyl groups is 1. The van der Waals surface area contributed by atoms with Crippen LogP contribution in [-0.2, 0) is 14.8 Å². The van der Waals surface area contributed by atoms with Gasteiger partial charge in [0.15, 0.2) is 0 Å². The zero-order valence-corrected chi connectivity index (χ0v) is 23.5. The van der Waals surface area contributed by atoms with Gasteiger partial charge in [-0.25, -0.2) is 13.1 Å². The van der Waals surface area contributed by atoms with Crippen molar-refractivity contribution in [3.63, 3.8) is 0 Å². The first-order valence-corrected chi connectivity index (χ1v) is 15.9. The van der Waals surface area contributed by atoms with Crippen LogP contribution in [0.3, 0.4) is 0 Å². The topological polar surface area (TPSA) is 99.4 Å². The summed E-state index contributed by atoms with van der Waals surface area (Å²) in [6, 6.07) is 8.17. The van der Waals surface area contributed by atoms with Crippen molar-refractivity contribution in [2.45, 2.75) is 95.1 Å². The number of hydrogen-bond donors (Lipinski definition) is 2. The smallest absolute Gasteiger partial charge is 0.240 e. The van der Waals surface area contributed by atoms with Gasteiger partial charge in [-0.05, 0) is 131 Å². The number of nitrogens with zero attached hydrogens (tertiary/aromatic N) is 1. The van der Waals surface area contributed by atoms with Crippen molar-refractivity contribution < 1.29 is 18.3 Å². The maximum Gasteiger partial charge on any atom is 0.240 e. The summed E-state index contributed by atoms with van der Waals surface area (Å²) in [6.45, 7) is 7.58. The van der Waals surface area contributed by atoms with E-state index in [2.05, 4.69) is 11.6 Å². The van der Waals surface area contributed by atoms with Crippen LogP contribution >= 0.6 is 0 Å². The van der Waals surface area contributed by atoms with E-state index in [1.165, 1.54) is 31.7 Å². The van der Waals surface area contributed by atoms with Crippen molar-refractivity contribution in [2.24, 2.45) is 40.9 Å². The molecule has 37 heavy (non-hydrogen) atoms. The third-order valence-corrected chi connectivity index (χ3v) is 12.5. The monoisotopic (exact) mass is 528 g/mol. The normalized spacial score (nSPS) is 40.2. The Morgan fingerprint density at radius 1 is 1.14 bits per heavy atom. The van der Waals surface area contributed by atoms with Gasteiger partial charge >= 0.3 is 0 Å². The Balaban J connectivity index is 1.27. The fourth-order valence-electron chi connectivity index (χ4n) is 9.38. The molecule has 0 heterocycles. The average molecular weight is 529 g/mol. The molecule has 0 bridgehead atoms. The first kappa shape index (κ1) is 27.1. The number of hydrogen-bond acceptors (Lipinski definition) is 5. The number of sulfonamides is 1. The molecule has 0 unspecified atom stereocenters. The quantitative estimate of drug-likeness (QED) is 0.503. The SMILES string of the molecule is CCOC[C@@]1(O)CC[C@H]2[C@H](CC[C@@H]3[C@@H]2CC[C@]2(C)[C@@H]([C@@H](C)NS(=O)(=O)c4cccc(C#N)c4)CC[C@@H]32)C1. The second kappa shape index (κ2) is 10.3. The molecule has 2 N–H and O–H groups in total. The van der Waals surface area contributed by atoms with Crippen molar-refractivity contribution in [3.05, 3.63) is 29.8 Å². The maximum absolute atomic E-state index is 13.2. The predicted octanol–water partition coefficient (Wildman–Crippen LogP) is 5.26. The number of nitriles is 1. The molecule has 7 heteroatoms. The van der Waals surface area contributed by atoms with Crippen molar-refractivity contribution in [1.29, 1.82) is 5.26 Å². The second-order valence-electron chi connectivity index (χ2n) is 12.8. The van der Waals surface area contributed by atoms with E-state index in [0.717, 1.165) is 43.9 Å². The van der Waals surface area contributed by atoms with Gasteiger partial charge in [-0.3, -0.25) is 0 Å². The molecule has 6 nitrogen and oxygen atoms in total. The fourth-order valence-corrected chi connectivity index (χ4v) is 10.7. The number of rotatable bonds is 7. The molecule has 4 aliphatic rings. The van der Waals surface area contributed by atoms with E-state index in [1.807, 2.05) is 19.9 Å². The van der Waals surface area contributed by atoms with Crippen LogP contribution in [-0.4, -0.2) is 38.4 Å². The third-order valence-electron chi connectivity index (χ3n) is 11.0. The van der Waals surface area contributed by atoms with Gasteiger partial charge in [0, 0.05) is 12.6 Å². The second-order valence-corrected chi connectivity index (χ2v) is 14.5.